The average Bonchev–Trinajstić information content (AvgIpc) is 2.80. The van der Waals surface area contributed by atoms with Gasteiger partial charge in [0.15, 0.2) is 0 Å². The lowest BCUT2D eigenvalue weighted by Crippen LogP contribution is -2.54. The fourth-order valence-corrected chi connectivity index (χ4v) is 2.71. The van der Waals surface area contributed by atoms with E-state index < -0.39 is 35.8 Å². The molecule has 0 spiro atoms. The third-order valence-electron chi connectivity index (χ3n) is 4.25. The Bertz CT molecular complexity index is 690. The minimum absolute atomic E-state index is 0.0837. The highest BCUT2D eigenvalue weighted by molar-refractivity contribution is 6.38. The third kappa shape index (κ3) is 6.09. The van der Waals surface area contributed by atoms with E-state index in [4.69, 9.17) is 4.74 Å². The summed E-state index contributed by atoms with van der Waals surface area (Å²) in [5.74, 6) is -2.12. The van der Waals surface area contributed by atoms with E-state index in [1.54, 1.807) is 13.8 Å². The summed E-state index contributed by atoms with van der Waals surface area (Å²) in [6.45, 7) is 4.02. The van der Waals surface area contributed by atoms with Crippen molar-refractivity contribution >= 4 is 23.7 Å². The number of nitrogens with one attached hydrogen (secondary N) is 3. The highest BCUT2D eigenvalue weighted by Gasteiger charge is 2.32. The number of benzene rings is 1. The highest BCUT2D eigenvalue weighted by Crippen LogP contribution is 2.08. The van der Waals surface area contributed by atoms with Gasteiger partial charge < -0.3 is 20.7 Å². The lowest BCUT2D eigenvalue weighted by molar-refractivity contribution is -0.139. The fraction of sp³-hybridized carbons (Fsp3) is 0.474. The van der Waals surface area contributed by atoms with E-state index >= 15 is 0 Å². The smallest absolute Gasteiger partial charge is 0.408 e. The molecule has 0 saturated carbocycles. The Morgan fingerprint density at radius 1 is 1.22 bits per heavy atom. The maximum absolute atomic E-state index is 12.6. The number of carbonyl (C=O) groups excluding carboxylic acids is 4. The van der Waals surface area contributed by atoms with Crippen molar-refractivity contribution < 1.29 is 23.9 Å². The summed E-state index contributed by atoms with van der Waals surface area (Å²) in [5, 5.41) is 7.60. The van der Waals surface area contributed by atoms with Crippen molar-refractivity contribution in [3.05, 3.63) is 35.9 Å². The van der Waals surface area contributed by atoms with Crippen LogP contribution in [0.15, 0.2) is 30.3 Å². The van der Waals surface area contributed by atoms with Gasteiger partial charge in [-0.05, 0) is 24.3 Å². The summed E-state index contributed by atoms with van der Waals surface area (Å²) in [4.78, 5) is 48.2. The molecule has 1 saturated heterocycles. The van der Waals surface area contributed by atoms with Crippen LogP contribution in [0.1, 0.15) is 32.3 Å². The molecule has 1 aromatic carbocycles. The Labute approximate surface area is 158 Å². The van der Waals surface area contributed by atoms with Crippen LogP contribution in [0.25, 0.3) is 0 Å². The molecule has 146 valence electrons. The van der Waals surface area contributed by atoms with Crippen molar-refractivity contribution in [2.45, 2.75) is 45.4 Å². The second-order valence-corrected chi connectivity index (χ2v) is 6.75. The van der Waals surface area contributed by atoms with E-state index in [1.165, 1.54) is 0 Å². The summed E-state index contributed by atoms with van der Waals surface area (Å²) in [6.07, 6.45) is 0.228. The molecule has 2 atom stereocenters. The van der Waals surface area contributed by atoms with E-state index in [0.717, 1.165) is 5.56 Å². The number of ether oxygens (including phenoxy) is 1. The van der Waals surface area contributed by atoms with Crippen molar-refractivity contribution in [1.29, 1.82) is 0 Å². The van der Waals surface area contributed by atoms with Crippen molar-refractivity contribution in [1.82, 2.24) is 16.0 Å². The van der Waals surface area contributed by atoms with Crippen molar-refractivity contribution in [3.8, 4) is 0 Å². The molecular formula is C19H25N3O5. The van der Waals surface area contributed by atoms with Gasteiger partial charge in [0.1, 0.15) is 12.6 Å². The molecule has 0 radical (unpaired) electrons. The molecule has 1 heterocycles. The SMILES string of the molecule is CC(C)C(NC(=O)OCc1ccccc1)C(=O)NC1CCCNC(=O)C1=O. The third-order valence-corrected chi connectivity index (χ3v) is 4.25. The standard InChI is InChI=1S/C19H25N3O5/c1-12(2)15(22-19(26)27-11-13-7-4-3-5-8-13)17(24)21-14-9-6-10-20-18(25)16(14)23/h3-5,7-8,12,14-15H,6,9-11H2,1-2H3,(H,20,25)(H,21,24)(H,22,26). The predicted molar refractivity (Wildman–Crippen MR) is 97.6 cm³/mol. The maximum atomic E-state index is 12.6. The van der Waals surface area contributed by atoms with Gasteiger partial charge in [0.2, 0.25) is 11.7 Å². The van der Waals surface area contributed by atoms with E-state index in [1.807, 2.05) is 30.3 Å². The van der Waals surface area contributed by atoms with Crippen molar-refractivity contribution in [3.63, 3.8) is 0 Å². The first-order valence-corrected chi connectivity index (χ1v) is 8.98. The van der Waals surface area contributed by atoms with Crippen LogP contribution in [-0.4, -0.2) is 42.3 Å². The molecule has 1 fully saturated rings. The Balaban J connectivity index is 1.92. The molecule has 3 N–H and O–H groups in total. The fourth-order valence-electron chi connectivity index (χ4n) is 2.71. The van der Waals surface area contributed by atoms with Crippen LogP contribution in [0.2, 0.25) is 0 Å². The lowest BCUT2D eigenvalue weighted by Gasteiger charge is -2.23. The van der Waals surface area contributed by atoms with Gasteiger partial charge in [-0.25, -0.2) is 4.79 Å². The zero-order valence-corrected chi connectivity index (χ0v) is 15.5. The van der Waals surface area contributed by atoms with Gasteiger partial charge in [-0.2, -0.15) is 0 Å². The topological polar surface area (TPSA) is 114 Å². The summed E-state index contributed by atoms with van der Waals surface area (Å²) >= 11 is 0. The Kier molecular flexibility index (Phi) is 7.34. The minimum atomic E-state index is -0.886. The molecule has 8 heteroatoms. The first-order valence-electron chi connectivity index (χ1n) is 8.98. The van der Waals surface area contributed by atoms with Gasteiger partial charge >= 0.3 is 6.09 Å². The Hall–Kier alpha value is -2.90. The van der Waals surface area contributed by atoms with E-state index in [-0.39, 0.29) is 12.5 Å². The molecule has 0 bridgehead atoms. The number of hydrogen-bond donors (Lipinski definition) is 3. The van der Waals surface area contributed by atoms with Crippen LogP contribution >= 0.6 is 0 Å². The number of carbonyl (C=O) groups is 4. The molecule has 0 aromatic heterocycles. The summed E-state index contributed by atoms with van der Waals surface area (Å²) in [5.41, 5.74) is 0.827. The van der Waals surface area contributed by atoms with Gasteiger partial charge in [0.25, 0.3) is 5.91 Å². The molecule has 1 aromatic rings. The number of ketones is 1. The van der Waals surface area contributed by atoms with Gasteiger partial charge in [0, 0.05) is 6.54 Å². The monoisotopic (exact) mass is 375 g/mol. The predicted octanol–water partition coefficient (Wildman–Crippen LogP) is 0.901. The van der Waals surface area contributed by atoms with Crippen molar-refractivity contribution in [2.75, 3.05) is 6.54 Å². The van der Waals surface area contributed by atoms with Crippen LogP contribution < -0.4 is 16.0 Å². The Morgan fingerprint density at radius 3 is 2.59 bits per heavy atom. The molecule has 3 amide bonds. The Morgan fingerprint density at radius 2 is 1.93 bits per heavy atom. The zero-order chi connectivity index (χ0) is 19.8. The minimum Gasteiger partial charge on any atom is -0.445 e. The second-order valence-electron chi connectivity index (χ2n) is 6.75. The molecule has 2 unspecified atom stereocenters. The zero-order valence-electron chi connectivity index (χ0n) is 15.5. The largest absolute Gasteiger partial charge is 0.445 e. The van der Waals surface area contributed by atoms with Crippen LogP contribution in [0.5, 0.6) is 0 Å². The summed E-state index contributed by atoms with van der Waals surface area (Å²) < 4.78 is 5.15. The van der Waals surface area contributed by atoms with Crippen LogP contribution in [0, 0.1) is 5.92 Å². The van der Waals surface area contributed by atoms with Crippen LogP contribution in [0.3, 0.4) is 0 Å². The molecule has 27 heavy (non-hydrogen) atoms. The number of amides is 3. The quantitative estimate of drug-likeness (QED) is 0.640. The van der Waals surface area contributed by atoms with E-state index in [2.05, 4.69) is 16.0 Å². The molecular weight excluding hydrogens is 350 g/mol. The van der Waals surface area contributed by atoms with Gasteiger partial charge in [0.05, 0.1) is 6.04 Å². The molecule has 0 aliphatic carbocycles. The van der Waals surface area contributed by atoms with Crippen LogP contribution in [0.4, 0.5) is 4.79 Å². The van der Waals surface area contributed by atoms with Gasteiger partial charge in [-0.3, -0.25) is 14.4 Å². The summed E-state index contributed by atoms with van der Waals surface area (Å²) in [7, 11) is 0. The van der Waals surface area contributed by atoms with Gasteiger partial charge in [-0.1, -0.05) is 44.2 Å². The first kappa shape index (κ1) is 20.4. The first-order chi connectivity index (χ1) is 12.9. The van der Waals surface area contributed by atoms with Gasteiger partial charge in [-0.15, -0.1) is 0 Å². The number of Topliss-reactive ketones (excluding diaryl/α,β-unsaturated/α-hetero) is 1. The lowest BCUT2D eigenvalue weighted by atomic mass is 10.0. The summed E-state index contributed by atoms with van der Waals surface area (Å²) in [6, 6.07) is 7.40. The normalized spacial score (nSPS) is 18.3. The second kappa shape index (κ2) is 9.70. The van der Waals surface area contributed by atoms with Crippen LogP contribution in [-0.2, 0) is 25.7 Å². The highest BCUT2D eigenvalue weighted by atomic mass is 16.5. The molecule has 1 aliphatic rings. The van der Waals surface area contributed by atoms with Crippen molar-refractivity contribution in [2.24, 2.45) is 5.92 Å². The number of alkyl carbamates (subject to hydrolysis) is 1. The molecule has 2 rings (SSSR count). The van der Waals surface area contributed by atoms with E-state index in [9.17, 15) is 19.2 Å². The molecule has 1 aliphatic heterocycles. The average molecular weight is 375 g/mol. The molecule has 8 nitrogen and oxygen atoms in total. The number of rotatable bonds is 6. The van der Waals surface area contributed by atoms with E-state index in [0.29, 0.717) is 19.4 Å². The maximum Gasteiger partial charge on any atom is 0.408 e. The number of hydrogen-bond acceptors (Lipinski definition) is 5.